The predicted molar refractivity (Wildman–Crippen MR) is 92.9 cm³/mol. The van der Waals surface area contributed by atoms with Crippen LogP contribution < -0.4 is 4.74 Å². The third-order valence-electron chi connectivity index (χ3n) is 4.28. The van der Waals surface area contributed by atoms with Gasteiger partial charge in [-0.3, -0.25) is 9.36 Å². The van der Waals surface area contributed by atoms with Gasteiger partial charge in [0.15, 0.2) is 0 Å². The molecule has 24 heavy (non-hydrogen) atoms. The van der Waals surface area contributed by atoms with Gasteiger partial charge in [-0.2, -0.15) is 0 Å². The van der Waals surface area contributed by atoms with Crippen molar-refractivity contribution in [2.24, 2.45) is 0 Å². The second-order valence-electron chi connectivity index (χ2n) is 5.67. The number of aliphatic carboxylic acids is 1. The molecule has 0 bridgehead atoms. The number of rotatable bonds is 6. The minimum Gasteiger partial charge on any atom is -0.496 e. The molecule has 2 rings (SSSR count). The number of aryl methyl sites for hydroxylation is 2. The van der Waals surface area contributed by atoms with E-state index in [0.29, 0.717) is 25.3 Å². The van der Waals surface area contributed by atoms with E-state index in [2.05, 4.69) is 0 Å². The summed E-state index contributed by atoms with van der Waals surface area (Å²) < 4.78 is 7.07. The van der Waals surface area contributed by atoms with Crippen molar-refractivity contribution in [2.75, 3.05) is 20.2 Å². The maximum atomic E-state index is 12.7. The number of amides is 1. The molecule has 0 saturated heterocycles. The van der Waals surface area contributed by atoms with Gasteiger partial charge < -0.3 is 14.7 Å². The second kappa shape index (κ2) is 7.38. The molecule has 1 N–H and O–H groups in total. The summed E-state index contributed by atoms with van der Waals surface area (Å²) in [5.74, 6) is -0.196. The lowest BCUT2D eigenvalue weighted by Crippen LogP contribution is -2.34. The molecule has 0 radical (unpaired) electrons. The summed E-state index contributed by atoms with van der Waals surface area (Å²) in [5, 5.41) is 9.86. The Morgan fingerprint density at radius 3 is 2.50 bits per heavy atom. The standard InChI is InChI=1S/C18H24N2O4/c1-5-19(6-2)18(23)20-10-9-14-13(7-8-16(21)22)15(24-4)11-12(3)17(14)20/h9-11H,5-8H2,1-4H3,(H,21,22). The van der Waals surface area contributed by atoms with Crippen LogP contribution >= 0.6 is 0 Å². The molecule has 0 saturated carbocycles. The maximum absolute atomic E-state index is 12.7. The van der Waals surface area contributed by atoms with E-state index in [1.807, 2.05) is 32.9 Å². The minimum atomic E-state index is -0.857. The van der Waals surface area contributed by atoms with Crippen molar-refractivity contribution in [3.63, 3.8) is 0 Å². The second-order valence-corrected chi connectivity index (χ2v) is 5.67. The highest BCUT2D eigenvalue weighted by molar-refractivity contribution is 5.96. The molecule has 0 aliphatic rings. The first kappa shape index (κ1) is 17.8. The molecule has 6 nitrogen and oxygen atoms in total. The molecule has 1 amide bonds. The van der Waals surface area contributed by atoms with Crippen molar-refractivity contribution in [1.82, 2.24) is 9.47 Å². The van der Waals surface area contributed by atoms with Gasteiger partial charge in [-0.05, 0) is 44.9 Å². The maximum Gasteiger partial charge on any atom is 0.328 e. The Kier molecular flexibility index (Phi) is 5.49. The molecular formula is C18H24N2O4. The first-order valence-electron chi connectivity index (χ1n) is 8.13. The number of fused-ring (bicyclic) bond motifs is 1. The van der Waals surface area contributed by atoms with Gasteiger partial charge in [0.05, 0.1) is 12.6 Å². The van der Waals surface area contributed by atoms with Crippen LogP contribution in [0.25, 0.3) is 10.9 Å². The van der Waals surface area contributed by atoms with E-state index in [0.717, 1.165) is 22.0 Å². The zero-order valence-corrected chi connectivity index (χ0v) is 14.6. The van der Waals surface area contributed by atoms with Crippen LogP contribution in [0.1, 0.15) is 31.4 Å². The fourth-order valence-electron chi connectivity index (χ4n) is 3.04. The third kappa shape index (κ3) is 3.22. The first-order chi connectivity index (χ1) is 11.4. The van der Waals surface area contributed by atoms with Crippen molar-refractivity contribution in [3.05, 3.63) is 29.5 Å². The Balaban J connectivity index is 2.60. The molecule has 0 atom stereocenters. The van der Waals surface area contributed by atoms with E-state index in [1.165, 1.54) is 0 Å². The summed E-state index contributed by atoms with van der Waals surface area (Å²) in [7, 11) is 1.57. The van der Waals surface area contributed by atoms with E-state index in [9.17, 15) is 9.59 Å². The SMILES string of the molecule is CCN(CC)C(=O)n1ccc2c(CCC(=O)O)c(OC)cc(C)c21. The number of hydrogen-bond acceptors (Lipinski definition) is 3. The Morgan fingerprint density at radius 1 is 1.29 bits per heavy atom. The average molecular weight is 332 g/mol. The molecule has 2 aromatic rings. The molecule has 0 aliphatic carbocycles. The van der Waals surface area contributed by atoms with Gasteiger partial charge in [0, 0.05) is 36.7 Å². The number of hydrogen-bond donors (Lipinski definition) is 1. The topological polar surface area (TPSA) is 71.8 Å². The summed E-state index contributed by atoms with van der Waals surface area (Å²) in [5.41, 5.74) is 2.56. The highest BCUT2D eigenvalue weighted by Crippen LogP contribution is 2.33. The fourth-order valence-corrected chi connectivity index (χ4v) is 3.04. The Bertz CT molecular complexity index is 760. The van der Waals surface area contributed by atoms with Crippen LogP contribution in [0.15, 0.2) is 18.3 Å². The normalized spacial score (nSPS) is 10.8. The number of methoxy groups -OCH3 is 1. The van der Waals surface area contributed by atoms with Crippen molar-refractivity contribution in [2.45, 2.75) is 33.6 Å². The van der Waals surface area contributed by atoms with Gasteiger partial charge in [0.25, 0.3) is 0 Å². The van der Waals surface area contributed by atoms with E-state index >= 15 is 0 Å². The monoisotopic (exact) mass is 332 g/mol. The van der Waals surface area contributed by atoms with Crippen LogP contribution in [0.5, 0.6) is 5.75 Å². The molecular weight excluding hydrogens is 308 g/mol. The van der Waals surface area contributed by atoms with Crippen LogP contribution in [0.4, 0.5) is 4.79 Å². The van der Waals surface area contributed by atoms with Crippen LogP contribution in [-0.4, -0.2) is 46.8 Å². The summed E-state index contributed by atoms with van der Waals surface area (Å²) in [6.07, 6.45) is 2.13. The lowest BCUT2D eigenvalue weighted by Gasteiger charge is -2.20. The van der Waals surface area contributed by atoms with E-state index in [1.54, 1.807) is 22.8 Å². The lowest BCUT2D eigenvalue weighted by atomic mass is 10.0. The number of carbonyl (C=O) groups is 2. The van der Waals surface area contributed by atoms with Gasteiger partial charge in [-0.15, -0.1) is 0 Å². The number of benzene rings is 1. The predicted octanol–water partition coefficient (Wildman–Crippen LogP) is 3.29. The molecule has 0 fully saturated rings. The molecule has 1 aromatic carbocycles. The highest BCUT2D eigenvalue weighted by Gasteiger charge is 2.20. The number of aromatic nitrogens is 1. The van der Waals surface area contributed by atoms with Crippen LogP contribution in [-0.2, 0) is 11.2 Å². The molecule has 130 valence electrons. The zero-order valence-electron chi connectivity index (χ0n) is 14.6. The van der Waals surface area contributed by atoms with Crippen LogP contribution in [0, 0.1) is 6.92 Å². The van der Waals surface area contributed by atoms with Crippen molar-refractivity contribution in [1.29, 1.82) is 0 Å². The summed E-state index contributed by atoms with van der Waals surface area (Å²) in [4.78, 5) is 25.4. The summed E-state index contributed by atoms with van der Waals surface area (Å²) in [6.45, 7) is 7.09. The number of carboxylic acids is 1. The largest absolute Gasteiger partial charge is 0.496 e. The smallest absolute Gasteiger partial charge is 0.328 e. The van der Waals surface area contributed by atoms with Gasteiger partial charge in [0.2, 0.25) is 0 Å². The van der Waals surface area contributed by atoms with Gasteiger partial charge in [-0.1, -0.05) is 0 Å². The van der Waals surface area contributed by atoms with Crippen molar-refractivity contribution in [3.8, 4) is 5.75 Å². The Morgan fingerprint density at radius 2 is 1.96 bits per heavy atom. The third-order valence-corrected chi connectivity index (χ3v) is 4.28. The fraction of sp³-hybridized carbons (Fsp3) is 0.444. The number of carboxylic acid groups (broad SMARTS) is 1. The quantitative estimate of drug-likeness (QED) is 0.881. The number of ether oxygens (including phenoxy) is 1. The van der Waals surface area contributed by atoms with E-state index < -0.39 is 5.97 Å². The zero-order chi connectivity index (χ0) is 17.9. The summed E-state index contributed by atoms with van der Waals surface area (Å²) in [6, 6.07) is 3.65. The van der Waals surface area contributed by atoms with Crippen molar-refractivity contribution < 1.29 is 19.4 Å². The molecule has 6 heteroatoms. The van der Waals surface area contributed by atoms with Crippen molar-refractivity contribution >= 4 is 22.9 Å². The lowest BCUT2D eigenvalue weighted by molar-refractivity contribution is -0.136. The van der Waals surface area contributed by atoms with Gasteiger partial charge >= 0.3 is 12.0 Å². The minimum absolute atomic E-state index is 0.0176. The number of nitrogens with zero attached hydrogens (tertiary/aromatic N) is 2. The van der Waals surface area contributed by atoms with E-state index in [-0.39, 0.29) is 12.5 Å². The Hall–Kier alpha value is -2.50. The average Bonchev–Trinajstić information content (AvgIpc) is 3.00. The van der Waals surface area contributed by atoms with Crippen LogP contribution in [0.2, 0.25) is 0 Å². The number of carbonyl (C=O) groups excluding carboxylic acids is 1. The molecule has 0 spiro atoms. The van der Waals surface area contributed by atoms with Crippen LogP contribution in [0.3, 0.4) is 0 Å². The molecule has 0 unspecified atom stereocenters. The highest BCUT2D eigenvalue weighted by atomic mass is 16.5. The Labute approximate surface area is 141 Å². The first-order valence-corrected chi connectivity index (χ1v) is 8.13. The molecule has 0 aliphatic heterocycles. The van der Waals surface area contributed by atoms with Gasteiger partial charge in [0.1, 0.15) is 5.75 Å². The molecule has 1 heterocycles. The van der Waals surface area contributed by atoms with Gasteiger partial charge in [-0.25, -0.2) is 4.79 Å². The molecule has 1 aromatic heterocycles. The van der Waals surface area contributed by atoms with E-state index in [4.69, 9.17) is 9.84 Å². The summed E-state index contributed by atoms with van der Waals surface area (Å²) >= 11 is 0.